The van der Waals surface area contributed by atoms with Crippen molar-refractivity contribution in [2.75, 3.05) is 21.3 Å². The highest BCUT2D eigenvalue weighted by Crippen LogP contribution is 2.38. The van der Waals surface area contributed by atoms with Gasteiger partial charge in [0.25, 0.3) is 0 Å². The van der Waals surface area contributed by atoms with Gasteiger partial charge in [-0.1, -0.05) is 23.7 Å². The van der Waals surface area contributed by atoms with Gasteiger partial charge in [-0.25, -0.2) is 0 Å². The summed E-state index contributed by atoms with van der Waals surface area (Å²) in [6, 6.07) is 11.1. The lowest BCUT2D eigenvalue weighted by molar-refractivity contribution is -0.121. The minimum atomic E-state index is -0.0336. The quantitative estimate of drug-likeness (QED) is 0.778. The van der Waals surface area contributed by atoms with Crippen LogP contribution in [0.4, 0.5) is 0 Å². The molecule has 1 N–H and O–H groups in total. The van der Waals surface area contributed by atoms with Crippen molar-refractivity contribution in [1.82, 2.24) is 5.32 Å². The van der Waals surface area contributed by atoms with E-state index in [1.807, 2.05) is 30.3 Å². The van der Waals surface area contributed by atoms with E-state index in [4.69, 9.17) is 25.8 Å². The van der Waals surface area contributed by atoms with E-state index in [1.54, 1.807) is 27.4 Å². The molecule has 0 saturated heterocycles. The van der Waals surface area contributed by atoms with E-state index < -0.39 is 0 Å². The van der Waals surface area contributed by atoms with Crippen LogP contribution in [0, 0.1) is 0 Å². The van der Waals surface area contributed by atoms with Crippen LogP contribution in [0.15, 0.2) is 36.4 Å². The lowest BCUT2D eigenvalue weighted by Crippen LogP contribution is -2.23. The van der Waals surface area contributed by atoms with Gasteiger partial charge in [0.2, 0.25) is 11.7 Å². The average Bonchev–Trinajstić information content (AvgIpc) is 2.63. The molecule has 25 heavy (non-hydrogen) atoms. The Balaban J connectivity index is 1.95. The molecule has 0 spiro atoms. The molecule has 0 aliphatic carbocycles. The fourth-order valence-electron chi connectivity index (χ4n) is 2.47. The topological polar surface area (TPSA) is 56.8 Å². The predicted octanol–water partition coefficient (Wildman–Crippen LogP) is 3.61. The van der Waals surface area contributed by atoms with Crippen LogP contribution in [0.3, 0.4) is 0 Å². The van der Waals surface area contributed by atoms with Gasteiger partial charge in [-0.05, 0) is 41.8 Å². The van der Waals surface area contributed by atoms with Gasteiger partial charge >= 0.3 is 0 Å². The number of halogens is 1. The summed E-state index contributed by atoms with van der Waals surface area (Å²) in [5.41, 5.74) is 1.90. The molecule has 5 nitrogen and oxygen atoms in total. The number of hydrogen-bond acceptors (Lipinski definition) is 4. The van der Waals surface area contributed by atoms with Crippen LogP contribution in [0.2, 0.25) is 5.02 Å². The highest BCUT2D eigenvalue weighted by atomic mass is 35.5. The van der Waals surface area contributed by atoms with Crippen molar-refractivity contribution in [2.45, 2.75) is 19.4 Å². The van der Waals surface area contributed by atoms with E-state index >= 15 is 0 Å². The maximum atomic E-state index is 12.1. The molecule has 0 radical (unpaired) electrons. The molecule has 0 fully saturated rings. The summed E-state index contributed by atoms with van der Waals surface area (Å²) < 4.78 is 15.9. The standard InChI is InChI=1S/C19H22ClNO4/c1-23-16-10-13(11-17(24-2)19(16)25-3)7-8-18(22)21-12-14-5-4-6-15(20)9-14/h4-6,9-11H,7-8,12H2,1-3H3,(H,21,22). The minimum absolute atomic E-state index is 0.0336. The van der Waals surface area contributed by atoms with Gasteiger partial charge in [-0.3, -0.25) is 4.79 Å². The van der Waals surface area contributed by atoms with Crippen molar-refractivity contribution in [2.24, 2.45) is 0 Å². The van der Waals surface area contributed by atoms with E-state index in [9.17, 15) is 4.79 Å². The van der Waals surface area contributed by atoms with Gasteiger partial charge in [0.1, 0.15) is 0 Å². The number of benzene rings is 2. The fraction of sp³-hybridized carbons (Fsp3) is 0.316. The molecule has 0 atom stereocenters. The largest absolute Gasteiger partial charge is 0.493 e. The number of hydrogen-bond donors (Lipinski definition) is 1. The zero-order valence-corrected chi connectivity index (χ0v) is 15.4. The van der Waals surface area contributed by atoms with E-state index in [-0.39, 0.29) is 5.91 Å². The molecule has 0 bridgehead atoms. The monoisotopic (exact) mass is 363 g/mol. The van der Waals surface area contributed by atoms with Crippen molar-refractivity contribution in [3.05, 3.63) is 52.5 Å². The van der Waals surface area contributed by atoms with Crippen LogP contribution in [0.1, 0.15) is 17.5 Å². The summed E-state index contributed by atoms with van der Waals surface area (Å²) in [5.74, 6) is 1.67. The minimum Gasteiger partial charge on any atom is -0.493 e. The molecule has 6 heteroatoms. The summed E-state index contributed by atoms with van der Waals surface area (Å²) in [7, 11) is 4.70. The molecule has 0 aliphatic heterocycles. The van der Waals surface area contributed by atoms with Crippen LogP contribution >= 0.6 is 11.6 Å². The normalized spacial score (nSPS) is 10.2. The molecule has 2 aromatic rings. The Morgan fingerprint density at radius 1 is 1.00 bits per heavy atom. The average molecular weight is 364 g/mol. The third-order valence-corrected chi connectivity index (χ3v) is 3.98. The number of nitrogens with one attached hydrogen (secondary N) is 1. The molecule has 134 valence electrons. The van der Waals surface area contributed by atoms with Crippen molar-refractivity contribution in [3.8, 4) is 17.2 Å². The van der Waals surface area contributed by atoms with E-state index in [0.717, 1.165) is 11.1 Å². The number of ether oxygens (including phenoxy) is 3. The molecular formula is C19H22ClNO4. The molecule has 2 rings (SSSR count). The third kappa shape index (κ3) is 5.29. The Kier molecular flexibility index (Phi) is 6.95. The van der Waals surface area contributed by atoms with Crippen LogP contribution < -0.4 is 19.5 Å². The molecule has 0 saturated carbocycles. The second-order valence-corrected chi connectivity index (χ2v) is 5.88. The third-order valence-electron chi connectivity index (χ3n) is 3.74. The zero-order valence-electron chi connectivity index (χ0n) is 14.6. The summed E-state index contributed by atoms with van der Waals surface area (Å²) in [4.78, 5) is 12.1. The first kappa shape index (κ1) is 18.9. The number of methoxy groups -OCH3 is 3. The maximum absolute atomic E-state index is 12.1. The van der Waals surface area contributed by atoms with Crippen molar-refractivity contribution < 1.29 is 19.0 Å². The first-order valence-electron chi connectivity index (χ1n) is 7.87. The second kappa shape index (κ2) is 9.18. The first-order valence-corrected chi connectivity index (χ1v) is 8.25. The lowest BCUT2D eigenvalue weighted by atomic mass is 10.1. The SMILES string of the molecule is COc1cc(CCC(=O)NCc2cccc(Cl)c2)cc(OC)c1OC. The fourth-order valence-corrected chi connectivity index (χ4v) is 2.69. The second-order valence-electron chi connectivity index (χ2n) is 5.44. The Bertz CT molecular complexity index is 708. The highest BCUT2D eigenvalue weighted by molar-refractivity contribution is 6.30. The summed E-state index contributed by atoms with van der Waals surface area (Å²) >= 11 is 5.94. The highest BCUT2D eigenvalue weighted by Gasteiger charge is 2.13. The molecule has 0 unspecified atom stereocenters. The van der Waals surface area contributed by atoms with Gasteiger partial charge in [0.15, 0.2) is 11.5 Å². The van der Waals surface area contributed by atoms with Crippen LogP contribution in [-0.4, -0.2) is 27.2 Å². The van der Waals surface area contributed by atoms with Gasteiger partial charge in [0, 0.05) is 18.0 Å². The van der Waals surface area contributed by atoms with E-state index in [2.05, 4.69) is 5.32 Å². The molecule has 0 aliphatic rings. The molecule has 2 aromatic carbocycles. The summed E-state index contributed by atoms with van der Waals surface area (Å²) in [6.45, 7) is 0.453. The number of carbonyl (C=O) groups is 1. The first-order chi connectivity index (χ1) is 12.1. The Labute approximate surface area is 152 Å². The Hall–Kier alpha value is -2.40. The van der Waals surface area contributed by atoms with Gasteiger partial charge in [-0.15, -0.1) is 0 Å². The van der Waals surface area contributed by atoms with E-state index in [0.29, 0.717) is 41.7 Å². The number of rotatable bonds is 8. The van der Waals surface area contributed by atoms with Gasteiger partial charge < -0.3 is 19.5 Å². The molecule has 0 heterocycles. The lowest BCUT2D eigenvalue weighted by Gasteiger charge is -2.14. The summed E-state index contributed by atoms with van der Waals surface area (Å²) in [6.07, 6.45) is 0.928. The van der Waals surface area contributed by atoms with Crippen molar-refractivity contribution in [3.63, 3.8) is 0 Å². The predicted molar refractivity (Wildman–Crippen MR) is 97.7 cm³/mol. The Morgan fingerprint density at radius 2 is 1.68 bits per heavy atom. The van der Waals surface area contributed by atoms with Crippen LogP contribution in [0.25, 0.3) is 0 Å². The number of carbonyl (C=O) groups excluding carboxylic acids is 1. The molecule has 1 amide bonds. The van der Waals surface area contributed by atoms with E-state index in [1.165, 1.54) is 0 Å². The van der Waals surface area contributed by atoms with Gasteiger partial charge in [0.05, 0.1) is 21.3 Å². The summed E-state index contributed by atoms with van der Waals surface area (Å²) in [5, 5.41) is 3.55. The Morgan fingerprint density at radius 3 is 2.24 bits per heavy atom. The van der Waals surface area contributed by atoms with Crippen molar-refractivity contribution >= 4 is 17.5 Å². The molecule has 0 aromatic heterocycles. The zero-order chi connectivity index (χ0) is 18.2. The maximum Gasteiger partial charge on any atom is 0.220 e. The molecular weight excluding hydrogens is 342 g/mol. The number of amides is 1. The smallest absolute Gasteiger partial charge is 0.220 e. The van der Waals surface area contributed by atoms with Gasteiger partial charge in [-0.2, -0.15) is 0 Å². The van der Waals surface area contributed by atoms with Crippen molar-refractivity contribution in [1.29, 1.82) is 0 Å². The van der Waals surface area contributed by atoms with Crippen LogP contribution in [-0.2, 0) is 17.8 Å². The number of aryl methyl sites for hydroxylation is 1. The van der Waals surface area contributed by atoms with Crippen LogP contribution in [0.5, 0.6) is 17.2 Å².